The summed E-state index contributed by atoms with van der Waals surface area (Å²) in [7, 11) is 2.00. The van der Waals surface area contributed by atoms with Gasteiger partial charge >= 0.3 is 0 Å². The molecule has 0 saturated carbocycles. The van der Waals surface area contributed by atoms with Gasteiger partial charge in [0.1, 0.15) is 11.6 Å². The fraction of sp³-hybridized carbons (Fsp3) is 0.391. The Labute approximate surface area is 167 Å². The molecule has 0 bridgehead atoms. The van der Waals surface area contributed by atoms with Crippen LogP contribution in [0.15, 0.2) is 60.3 Å². The van der Waals surface area contributed by atoms with Crippen molar-refractivity contribution in [2.75, 3.05) is 25.5 Å². The molecule has 2 unspecified atom stereocenters. The van der Waals surface area contributed by atoms with Gasteiger partial charge in [-0.15, -0.1) is 0 Å². The maximum atomic E-state index is 4.92. The first kappa shape index (κ1) is 18.8. The van der Waals surface area contributed by atoms with E-state index in [9.17, 15) is 0 Å². The number of aromatic nitrogens is 2. The molecular weight excluding hydrogens is 346 g/mol. The summed E-state index contributed by atoms with van der Waals surface area (Å²) in [5.74, 6) is 2.15. The van der Waals surface area contributed by atoms with Crippen LogP contribution in [0.4, 0.5) is 5.82 Å². The number of nitrogens with one attached hydrogen (secondary N) is 3. The Balaban J connectivity index is 1.63. The quantitative estimate of drug-likeness (QED) is 0.741. The minimum atomic E-state index is 0.0188. The summed E-state index contributed by atoms with van der Waals surface area (Å²) < 4.78 is 0. The average molecular weight is 376 g/mol. The van der Waals surface area contributed by atoms with Gasteiger partial charge in [0.2, 0.25) is 0 Å². The molecule has 1 fully saturated rings. The van der Waals surface area contributed by atoms with Crippen LogP contribution >= 0.6 is 0 Å². The number of benzene rings is 1. The van der Waals surface area contributed by atoms with E-state index in [0.29, 0.717) is 5.92 Å². The van der Waals surface area contributed by atoms with E-state index in [-0.39, 0.29) is 5.54 Å². The van der Waals surface area contributed by atoms with E-state index in [1.165, 1.54) is 6.42 Å². The van der Waals surface area contributed by atoms with Crippen molar-refractivity contribution in [3.63, 3.8) is 0 Å². The lowest BCUT2D eigenvalue weighted by Gasteiger charge is -2.27. The fourth-order valence-corrected chi connectivity index (χ4v) is 3.70. The Morgan fingerprint density at radius 3 is 2.71 bits per heavy atom. The maximum absolute atomic E-state index is 4.92. The fourth-order valence-electron chi connectivity index (χ4n) is 3.70. The first-order valence-electron chi connectivity index (χ1n) is 10.2. The van der Waals surface area contributed by atoms with E-state index in [0.717, 1.165) is 54.5 Å². The summed E-state index contributed by atoms with van der Waals surface area (Å²) in [6.07, 6.45) is 9.81. The Kier molecular flexibility index (Phi) is 5.55. The van der Waals surface area contributed by atoms with Crippen LogP contribution in [0.2, 0.25) is 0 Å². The average Bonchev–Trinajstić information content (AvgIpc) is 2.76. The molecule has 3 N–H and O–H groups in total. The minimum absolute atomic E-state index is 0.0188. The summed E-state index contributed by atoms with van der Waals surface area (Å²) in [4.78, 5) is 9.80. The zero-order chi connectivity index (χ0) is 19.4. The van der Waals surface area contributed by atoms with Gasteiger partial charge < -0.3 is 16.0 Å². The third-order valence-electron chi connectivity index (χ3n) is 5.70. The van der Waals surface area contributed by atoms with Crippen LogP contribution in [0.5, 0.6) is 0 Å². The molecule has 5 heteroatoms. The predicted molar refractivity (Wildman–Crippen MR) is 115 cm³/mol. The second-order valence-electron chi connectivity index (χ2n) is 7.90. The number of hydrogen-bond donors (Lipinski definition) is 3. The highest BCUT2D eigenvalue weighted by Crippen LogP contribution is 2.27. The summed E-state index contributed by atoms with van der Waals surface area (Å²) in [5, 5.41) is 10.3. The molecule has 1 aliphatic carbocycles. The summed E-state index contributed by atoms with van der Waals surface area (Å²) >= 11 is 0. The molecule has 28 heavy (non-hydrogen) atoms. The Morgan fingerprint density at radius 1 is 1.18 bits per heavy atom. The molecule has 1 aromatic heterocycles. The number of anilines is 1. The van der Waals surface area contributed by atoms with Crippen molar-refractivity contribution in [3.8, 4) is 11.3 Å². The van der Waals surface area contributed by atoms with E-state index < -0.39 is 0 Å². The molecule has 0 amide bonds. The predicted octanol–water partition coefficient (Wildman–Crippen LogP) is 3.84. The van der Waals surface area contributed by atoms with Gasteiger partial charge in [-0.1, -0.05) is 42.5 Å². The van der Waals surface area contributed by atoms with Crippen LogP contribution in [-0.4, -0.2) is 35.6 Å². The van der Waals surface area contributed by atoms with Crippen LogP contribution in [0.25, 0.3) is 11.3 Å². The summed E-state index contributed by atoms with van der Waals surface area (Å²) in [6.45, 7) is 4.23. The lowest BCUT2D eigenvalue weighted by atomic mass is 9.93. The number of hydrogen-bond acceptors (Lipinski definition) is 5. The highest BCUT2D eigenvalue weighted by Gasteiger charge is 2.22. The van der Waals surface area contributed by atoms with E-state index in [1.807, 2.05) is 13.1 Å². The smallest absolute Gasteiger partial charge is 0.135 e. The second kappa shape index (κ2) is 8.25. The highest BCUT2D eigenvalue weighted by molar-refractivity contribution is 5.63. The van der Waals surface area contributed by atoms with Gasteiger partial charge in [-0.25, -0.2) is 9.97 Å². The SMILES string of the molecule is CNC1(C)C=CC(Nc2cc(-c3ccccc3)nc(C3CCCNC3)n2)=CC1. The zero-order valence-corrected chi connectivity index (χ0v) is 16.7. The molecule has 1 aliphatic heterocycles. The van der Waals surface area contributed by atoms with Crippen LogP contribution in [0.3, 0.4) is 0 Å². The maximum Gasteiger partial charge on any atom is 0.135 e. The number of rotatable bonds is 5. The van der Waals surface area contributed by atoms with Gasteiger partial charge in [-0.05, 0) is 45.9 Å². The van der Waals surface area contributed by atoms with Gasteiger partial charge in [0.25, 0.3) is 0 Å². The normalized spacial score (nSPS) is 24.6. The summed E-state index contributed by atoms with van der Waals surface area (Å²) in [5.41, 5.74) is 3.19. The largest absolute Gasteiger partial charge is 0.340 e. The first-order chi connectivity index (χ1) is 13.6. The number of nitrogens with zero attached hydrogens (tertiary/aromatic N) is 2. The molecule has 2 aromatic rings. The van der Waals surface area contributed by atoms with Crippen LogP contribution < -0.4 is 16.0 Å². The molecule has 146 valence electrons. The standard InChI is InChI=1S/C23H29N5/c1-23(24-2)12-10-19(11-13-23)26-21-15-20(17-7-4-3-5-8-17)27-22(28-21)18-9-6-14-25-16-18/h3-5,7-8,10-12,15,18,24-25H,6,9,13-14,16H2,1-2H3,(H,26,27,28). The van der Waals surface area contributed by atoms with Crippen molar-refractivity contribution < 1.29 is 0 Å². The third kappa shape index (κ3) is 4.32. The molecule has 2 atom stereocenters. The Morgan fingerprint density at radius 2 is 2.04 bits per heavy atom. The van der Waals surface area contributed by atoms with E-state index in [2.05, 4.69) is 71.4 Å². The van der Waals surface area contributed by atoms with E-state index >= 15 is 0 Å². The molecule has 0 radical (unpaired) electrons. The Bertz CT molecular complexity index is 868. The minimum Gasteiger partial charge on any atom is -0.340 e. The van der Waals surface area contributed by atoms with Crippen LogP contribution in [0, 0.1) is 0 Å². The molecule has 0 spiro atoms. The van der Waals surface area contributed by atoms with Crippen molar-refractivity contribution in [3.05, 3.63) is 66.1 Å². The van der Waals surface area contributed by atoms with Gasteiger partial charge in [0.15, 0.2) is 0 Å². The van der Waals surface area contributed by atoms with Gasteiger partial charge in [-0.3, -0.25) is 0 Å². The van der Waals surface area contributed by atoms with Gasteiger partial charge in [0.05, 0.1) is 5.69 Å². The van der Waals surface area contributed by atoms with Crippen LogP contribution in [-0.2, 0) is 0 Å². The number of piperidine rings is 1. The molecule has 2 heterocycles. The second-order valence-corrected chi connectivity index (χ2v) is 7.90. The molecule has 2 aliphatic rings. The van der Waals surface area contributed by atoms with Gasteiger partial charge in [-0.2, -0.15) is 0 Å². The molecular formula is C23H29N5. The molecule has 4 rings (SSSR count). The van der Waals surface area contributed by atoms with Crippen molar-refractivity contribution in [1.82, 2.24) is 20.6 Å². The number of allylic oxidation sites excluding steroid dienone is 1. The lowest BCUT2D eigenvalue weighted by molar-refractivity contribution is 0.447. The van der Waals surface area contributed by atoms with Crippen LogP contribution in [0.1, 0.15) is 37.9 Å². The van der Waals surface area contributed by atoms with Gasteiger partial charge in [0, 0.05) is 35.3 Å². The van der Waals surface area contributed by atoms with Crippen molar-refractivity contribution in [2.45, 2.75) is 37.6 Å². The topological polar surface area (TPSA) is 61.9 Å². The summed E-state index contributed by atoms with van der Waals surface area (Å²) in [6, 6.07) is 12.4. The van der Waals surface area contributed by atoms with E-state index in [4.69, 9.17) is 9.97 Å². The lowest BCUT2D eigenvalue weighted by Crippen LogP contribution is -2.38. The zero-order valence-electron chi connectivity index (χ0n) is 16.7. The molecule has 1 aromatic carbocycles. The van der Waals surface area contributed by atoms with Crippen molar-refractivity contribution in [1.29, 1.82) is 0 Å². The van der Waals surface area contributed by atoms with E-state index in [1.54, 1.807) is 0 Å². The van der Waals surface area contributed by atoms with Crippen molar-refractivity contribution in [2.24, 2.45) is 0 Å². The highest BCUT2D eigenvalue weighted by atomic mass is 15.1. The monoisotopic (exact) mass is 375 g/mol. The first-order valence-corrected chi connectivity index (χ1v) is 10.2. The Hall–Kier alpha value is -2.50. The van der Waals surface area contributed by atoms with Crippen molar-refractivity contribution >= 4 is 5.82 Å². The number of likely N-dealkylation sites (N-methyl/N-ethyl adjacent to an activating group) is 1. The molecule has 5 nitrogen and oxygen atoms in total. The third-order valence-corrected chi connectivity index (χ3v) is 5.70. The molecule has 1 saturated heterocycles.